The van der Waals surface area contributed by atoms with Crippen LogP contribution >= 0.6 is 0 Å². The van der Waals surface area contributed by atoms with Crippen LogP contribution in [0.1, 0.15) is 42.5 Å². The van der Waals surface area contributed by atoms with Crippen LogP contribution in [-0.4, -0.2) is 36.0 Å². The molecular weight excluding hydrogens is 274 g/mol. The maximum atomic E-state index is 13.3. The monoisotopic (exact) mass is 294 g/mol. The third-order valence-electron chi connectivity index (χ3n) is 4.24. The van der Waals surface area contributed by atoms with E-state index in [1.54, 1.807) is 0 Å². The molecule has 1 N–H and O–H groups in total. The van der Waals surface area contributed by atoms with Gasteiger partial charge in [0.2, 0.25) is 0 Å². The zero-order chi connectivity index (χ0) is 14.8. The number of nitrogens with zero attached hydrogens (tertiary/aromatic N) is 1. The highest BCUT2D eigenvalue weighted by atomic mass is 19.2. The van der Waals surface area contributed by atoms with Crippen LogP contribution in [0, 0.1) is 11.6 Å². The molecule has 1 heterocycles. The Bertz CT molecular complexity index is 525. The highest BCUT2D eigenvalue weighted by Gasteiger charge is 2.34. The second-order valence-electron chi connectivity index (χ2n) is 5.96. The summed E-state index contributed by atoms with van der Waals surface area (Å²) in [5.41, 5.74) is 0.233. The molecule has 5 heteroatoms. The van der Waals surface area contributed by atoms with Crippen LogP contribution in [0.5, 0.6) is 0 Å². The Labute approximate surface area is 123 Å². The lowest BCUT2D eigenvalue weighted by Crippen LogP contribution is -2.46. The van der Waals surface area contributed by atoms with E-state index in [1.165, 1.54) is 18.9 Å². The summed E-state index contributed by atoms with van der Waals surface area (Å²) in [6.07, 6.45) is 5.42. The van der Waals surface area contributed by atoms with Crippen molar-refractivity contribution < 1.29 is 13.6 Å². The van der Waals surface area contributed by atoms with E-state index in [1.807, 2.05) is 4.90 Å². The van der Waals surface area contributed by atoms with Crippen LogP contribution in [-0.2, 0) is 0 Å². The number of carbonyl (C=O) groups excluding carboxylic acids is 1. The van der Waals surface area contributed by atoms with Gasteiger partial charge < -0.3 is 10.2 Å². The number of hydrogen-bond donors (Lipinski definition) is 1. The number of piperidine rings is 1. The van der Waals surface area contributed by atoms with Gasteiger partial charge in [-0.2, -0.15) is 0 Å². The van der Waals surface area contributed by atoms with Crippen molar-refractivity contribution >= 4 is 5.91 Å². The number of halogens is 2. The molecule has 1 unspecified atom stereocenters. The highest BCUT2D eigenvalue weighted by Crippen LogP contribution is 2.29. The fourth-order valence-corrected chi connectivity index (χ4v) is 2.90. The first-order chi connectivity index (χ1) is 10.1. The smallest absolute Gasteiger partial charge is 0.254 e. The molecule has 1 saturated heterocycles. The van der Waals surface area contributed by atoms with Crippen molar-refractivity contribution in [2.45, 2.75) is 44.2 Å². The summed E-state index contributed by atoms with van der Waals surface area (Å²) in [5.74, 6) is -2.07. The maximum absolute atomic E-state index is 13.3. The first-order valence-electron chi connectivity index (χ1n) is 7.64. The Morgan fingerprint density at radius 2 is 2.00 bits per heavy atom. The average Bonchev–Trinajstić information content (AvgIpc) is 3.33. The van der Waals surface area contributed by atoms with Crippen molar-refractivity contribution in [3.8, 4) is 0 Å². The predicted molar refractivity (Wildman–Crippen MR) is 76.1 cm³/mol. The lowest BCUT2D eigenvalue weighted by atomic mass is 10.0. The third kappa shape index (κ3) is 3.40. The first-order valence-corrected chi connectivity index (χ1v) is 7.64. The van der Waals surface area contributed by atoms with E-state index in [4.69, 9.17) is 0 Å². The van der Waals surface area contributed by atoms with Crippen LogP contribution in [0.4, 0.5) is 8.78 Å². The molecule has 1 aliphatic heterocycles. The van der Waals surface area contributed by atoms with Crippen molar-refractivity contribution in [2.75, 3.05) is 13.1 Å². The van der Waals surface area contributed by atoms with Crippen molar-refractivity contribution in [3.05, 3.63) is 35.4 Å². The fraction of sp³-hybridized carbons (Fsp3) is 0.562. The summed E-state index contributed by atoms with van der Waals surface area (Å²) in [5, 5.41) is 3.43. The van der Waals surface area contributed by atoms with Gasteiger partial charge in [-0.15, -0.1) is 0 Å². The zero-order valence-corrected chi connectivity index (χ0v) is 11.9. The molecule has 1 aliphatic carbocycles. The van der Waals surface area contributed by atoms with E-state index in [9.17, 15) is 13.6 Å². The number of carbonyl (C=O) groups is 1. The first kappa shape index (κ1) is 14.4. The molecule has 2 fully saturated rings. The molecule has 1 aromatic carbocycles. The largest absolute Gasteiger partial charge is 0.334 e. The van der Waals surface area contributed by atoms with E-state index in [-0.39, 0.29) is 17.5 Å². The van der Waals surface area contributed by atoms with E-state index < -0.39 is 11.6 Å². The van der Waals surface area contributed by atoms with Crippen LogP contribution in [0.3, 0.4) is 0 Å². The van der Waals surface area contributed by atoms with Gasteiger partial charge in [0, 0.05) is 24.2 Å². The van der Waals surface area contributed by atoms with E-state index in [0.717, 1.165) is 37.9 Å². The molecule has 1 saturated carbocycles. The van der Waals surface area contributed by atoms with Gasteiger partial charge in [0.1, 0.15) is 0 Å². The molecule has 0 spiro atoms. The quantitative estimate of drug-likeness (QED) is 0.926. The highest BCUT2D eigenvalue weighted by molar-refractivity contribution is 5.94. The van der Waals surface area contributed by atoms with Crippen LogP contribution < -0.4 is 5.32 Å². The van der Waals surface area contributed by atoms with Crippen LogP contribution in [0.2, 0.25) is 0 Å². The Kier molecular flexibility index (Phi) is 4.19. The Balaban J connectivity index is 1.73. The summed E-state index contributed by atoms with van der Waals surface area (Å²) < 4.78 is 26.3. The van der Waals surface area contributed by atoms with Crippen LogP contribution in [0.25, 0.3) is 0 Å². The number of nitrogens with one attached hydrogen (secondary N) is 1. The second kappa shape index (κ2) is 6.10. The van der Waals surface area contributed by atoms with E-state index >= 15 is 0 Å². The molecule has 21 heavy (non-hydrogen) atoms. The SMILES string of the molecule is O=C(c1ccc(F)c(F)c1)N(CC1CCCCN1)C1CC1. The molecule has 3 rings (SSSR count). The maximum Gasteiger partial charge on any atom is 0.254 e. The van der Waals surface area contributed by atoms with Crippen molar-refractivity contribution in [2.24, 2.45) is 0 Å². The van der Waals surface area contributed by atoms with Gasteiger partial charge in [-0.25, -0.2) is 8.78 Å². The third-order valence-corrected chi connectivity index (χ3v) is 4.24. The van der Waals surface area contributed by atoms with Gasteiger partial charge in [-0.3, -0.25) is 4.79 Å². The van der Waals surface area contributed by atoms with Gasteiger partial charge in [0.15, 0.2) is 11.6 Å². The molecule has 3 nitrogen and oxygen atoms in total. The van der Waals surface area contributed by atoms with Gasteiger partial charge in [-0.05, 0) is 50.4 Å². The number of benzene rings is 1. The van der Waals surface area contributed by atoms with E-state index in [2.05, 4.69) is 5.32 Å². The number of rotatable bonds is 4. The summed E-state index contributed by atoms with van der Waals surface area (Å²) in [6, 6.07) is 3.96. The zero-order valence-electron chi connectivity index (χ0n) is 11.9. The summed E-state index contributed by atoms with van der Waals surface area (Å²) in [7, 11) is 0. The van der Waals surface area contributed by atoms with Gasteiger partial charge >= 0.3 is 0 Å². The van der Waals surface area contributed by atoms with Gasteiger partial charge in [0.25, 0.3) is 5.91 Å². The Hall–Kier alpha value is -1.49. The number of hydrogen-bond acceptors (Lipinski definition) is 2. The summed E-state index contributed by atoms with van der Waals surface area (Å²) in [4.78, 5) is 14.4. The second-order valence-corrected chi connectivity index (χ2v) is 5.96. The van der Waals surface area contributed by atoms with Crippen molar-refractivity contribution in [1.29, 1.82) is 0 Å². The van der Waals surface area contributed by atoms with Crippen molar-refractivity contribution in [3.63, 3.8) is 0 Å². The Morgan fingerprint density at radius 3 is 2.62 bits per heavy atom. The lowest BCUT2D eigenvalue weighted by molar-refractivity contribution is 0.0717. The lowest BCUT2D eigenvalue weighted by Gasteiger charge is -2.31. The molecule has 114 valence electrons. The van der Waals surface area contributed by atoms with Gasteiger partial charge in [-0.1, -0.05) is 6.42 Å². The van der Waals surface area contributed by atoms with Gasteiger partial charge in [0.05, 0.1) is 0 Å². The Morgan fingerprint density at radius 1 is 1.19 bits per heavy atom. The molecule has 1 aromatic rings. The number of amides is 1. The standard InChI is InChI=1S/C16H20F2N2O/c17-14-7-4-11(9-15(14)18)16(21)20(13-5-6-13)10-12-3-1-2-8-19-12/h4,7,9,12-13,19H,1-3,5-6,8,10H2. The molecule has 0 aromatic heterocycles. The molecule has 0 bridgehead atoms. The molecule has 0 radical (unpaired) electrons. The molecule has 2 aliphatic rings. The molecule has 1 amide bonds. The van der Waals surface area contributed by atoms with Crippen molar-refractivity contribution in [1.82, 2.24) is 10.2 Å². The normalized spacial score (nSPS) is 22.1. The minimum Gasteiger partial charge on any atom is -0.334 e. The summed E-state index contributed by atoms with van der Waals surface area (Å²) in [6.45, 7) is 1.64. The molecular formula is C16H20F2N2O. The summed E-state index contributed by atoms with van der Waals surface area (Å²) >= 11 is 0. The average molecular weight is 294 g/mol. The predicted octanol–water partition coefficient (Wildman–Crippen LogP) is 2.71. The van der Waals surface area contributed by atoms with Crippen LogP contribution in [0.15, 0.2) is 18.2 Å². The topological polar surface area (TPSA) is 32.3 Å². The minimum absolute atomic E-state index is 0.191. The molecule has 1 atom stereocenters. The fourth-order valence-electron chi connectivity index (χ4n) is 2.90. The minimum atomic E-state index is -0.965. The van der Waals surface area contributed by atoms with E-state index in [0.29, 0.717) is 12.6 Å².